The van der Waals surface area contributed by atoms with Crippen molar-refractivity contribution in [2.75, 3.05) is 28.2 Å². The number of hydrogen-bond acceptors (Lipinski definition) is 20. The quantitative estimate of drug-likeness (QED) is 0.0677. The number of nitrogens with two attached hydrogens (primary N) is 2. The number of nitrogens with zero attached hydrogens (tertiary/aromatic N) is 2. The van der Waals surface area contributed by atoms with Crippen molar-refractivity contribution in [2.24, 2.45) is 35.1 Å². The summed E-state index contributed by atoms with van der Waals surface area (Å²) in [5.41, 5.74) is 6.87. The number of phenols is 2. The van der Waals surface area contributed by atoms with Gasteiger partial charge in [-0.05, 0) is 144 Å². The van der Waals surface area contributed by atoms with Crippen LogP contribution in [0, 0.1) is 23.7 Å². The molecule has 2 unspecified atom stereocenters. The Hall–Kier alpha value is -8.64. The molecule has 2 aromatic heterocycles. The fraction of sp³-hybridized carbons (Fsp3) is 0.385. The predicted octanol–water partition coefficient (Wildman–Crippen LogP) is 5.16. The molecule has 0 spiro atoms. The summed E-state index contributed by atoms with van der Waals surface area (Å²) in [6.07, 6.45) is 6.36. The number of carbonyl (C=O) groups is 6. The zero-order valence-electron chi connectivity index (χ0n) is 48.4. The van der Waals surface area contributed by atoms with Gasteiger partial charge in [0.25, 0.3) is 11.8 Å². The number of carbonyl (C=O) groups excluding carboxylic acids is 6. The van der Waals surface area contributed by atoms with Gasteiger partial charge in [-0.2, -0.15) is 0 Å². The Bertz CT molecular complexity index is 3830. The van der Waals surface area contributed by atoms with Gasteiger partial charge >= 0.3 is 0 Å². The Morgan fingerprint density at radius 3 is 1.44 bits per heavy atom. The van der Waals surface area contributed by atoms with Crippen LogP contribution in [0.25, 0.3) is 34.2 Å². The number of aromatic hydroxyl groups is 2. The van der Waals surface area contributed by atoms with Crippen LogP contribution in [0.2, 0.25) is 0 Å². The fourth-order valence-electron chi connectivity index (χ4n) is 14.7. The molecule has 2 amide bonds. The molecule has 22 nitrogen and oxygen atoms in total. The average molecular weight is 1190 g/mol. The first-order chi connectivity index (χ1) is 41.4. The summed E-state index contributed by atoms with van der Waals surface area (Å²) < 4.78 is 12.3. The van der Waals surface area contributed by atoms with Gasteiger partial charge in [-0.25, -0.2) is 0 Å². The van der Waals surface area contributed by atoms with E-state index in [4.69, 9.17) is 20.3 Å². The largest absolute Gasteiger partial charge is 0.508 e. The number of likely N-dealkylation sites (N-methyl/N-ethyl adjacent to an activating group) is 2. The lowest BCUT2D eigenvalue weighted by Crippen LogP contribution is -2.65. The van der Waals surface area contributed by atoms with Crippen LogP contribution in [-0.4, -0.2) is 143 Å². The molecule has 3 aromatic carbocycles. The minimum absolute atomic E-state index is 0.00761. The molecule has 456 valence electrons. The second-order valence-electron chi connectivity index (χ2n) is 24.2. The number of hydrogen-bond donors (Lipinski definition) is 12. The molecule has 14 N–H and O–H groups in total. The summed E-state index contributed by atoms with van der Waals surface area (Å²) >= 11 is 0. The molecule has 0 saturated heterocycles. The number of aliphatic hydroxyl groups is 6. The van der Waals surface area contributed by atoms with E-state index >= 15 is 0 Å². The number of Topliss-reactive ketones (excluding diaryl/α,β-unsaturated/α-hetero) is 4. The number of nitrogens with one attached hydrogen (secondary N) is 2. The maximum Gasteiger partial charge on any atom is 0.255 e. The summed E-state index contributed by atoms with van der Waals surface area (Å²) in [4.78, 5) is 81.9. The van der Waals surface area contributed by atoms with E-state index in [-0.39, 0.29) is 59.5 Å². The average Bonchev–Trinajstić information content (AvgIpc) is 1.01. The van der Waals surface area contributed by atoms with Crippen molar-refractivity contribution < 1.29 is 78.5 Å². The lowest BCUT2D eigenvalue weighted by atomic mass is 9.57. The lowest BCUT2D eigenvalue weighted by molar-refractivity contribution is -0.155. The molecule has 87 heavy (non-hydrogen) atoms. The first kappa shape index (κ1) is 60.1. The van der Waals surface area contributed by atoms with Gasteiger partial charge in [-0.1, -0.05) is 49.6 Å². The van der Waals surface area contributed by atoms with Crippen molar-refractivity contribution in [1.82, 2.24) is 20.4 Å². The number of aliphatic hydroxyl groups excluding tert-OH is 4. The Morgan fingerprint density at radius 2 is 1.01 bits per heavy atom. The van der Waals surface area contributed by atoms with Crippen LogP contribution >= 0.6 is 0 Å². The fourth-order valence-corrected chi connectivity index (χ4v) is 14.7. The summed E-state index contributed by atoms with van der Waals surface area (Å²) in [7, 11) is 6.27. The first-order valence-electron chi connectivity index (χ1n) is 29.0. The normalized spacial score (nSPS) is 26.3. The number of fused-ring (bicyclic) bond motifs is 6. The monoisotopic (exact) mass is 1190 g/mol. The first-order valence-corrected chi connectivity index (χ1v) is 29.0. The minimum atomic E-state index is -2.68. The molecular weight excluding hydrogens is 1120 g/mol. The molecule has 0 radical (unpaired) electrons. The van der Waals surface area contributed by atoms with Gasteiger partial charge in [0.15, 0.2) is 22.8 Å². The molecule has 0 bridgehead atoms. The highest BCUT2D eigenvalue weighted by molar-refractivity contribution is 6.25. The van der Waals surface area contributed by atoms with E-state index in [0.29, 0.717) is 65.2 Å². The van der Waals surface area contributed by atoms with Crippen molar-refractivity contribution in [1.29, 1.82) is 0 Å². The van der Waals surface area contributed by atoms with Crippen molar-refractivity contribution in [2.45, 2.75) is 107 Å². The molecule has 7 aliphatic rings. The molecule has 12 rings (SSSR count). The third kappa shape index (κ3) is 9.93. The number of primary amides is 2. The van der Waals surface area contributed by atoms with Crippen LogP contribution in [0.15, 0.2) is 122 Å². The molecule has 2 heterocycles. The molecule has 22 heteroatoms. The predicted molar refractivity (Wildman–Crippen MR) is 315 cm³/mol. The second-order valence-corrected chi connectivity index (χ2v) is 24.2. The number of furan rings is 2. The van der Waals surface area contributed by atoms with Crippen LogP contribution in [0.4, 0.5) is 0 Å². The molecular formula is C65H70N6O16. The van der Waals surface area contributed by atoms with Crippen molar-refractivity contribution >= 4 is 46.5 Å². The Balaban J connectivity index is 0.000000180. The van der Waals surface area contributed by atoms with Crippen molar-refractivity contribution in [3.8, 4) is 34.1 Å². The summed E-state index contributed by atoms with van der Waals surface area (Å²) in [5.74, 6) is -11.2. The Labute approximate surface area is 499 Å². The van der Waals surface area contributed by atoms with Crippen LogP contribution in [0.1, 0.15) is 84.3 Å². The Kier molecular flexibility index (Phi) is 15.8. The molecule has 3 fully saturated rings. The standard InChI is InChI=1S/C33H33N3O8.C32H37N3O8/c1-36(2)27-21-13-17-12-20-19(23-11-8-18(44-23)15-35-14-16-6-4-3-5-7-16)9-10-22(37)25(20)28(38)24(17)30(40)33(21,43)31(41)26(29(27)39)32(34)42;1-35(2)26-20-13-15-12-19-18(22-11-8-17(43-22)14-34-16-6-4-3-5-7-16)9-10-21(36)24(19)27(37)23(15)29(39)32(20,42)30(40)25(28(26)38)31(33)41/h3-11,17,21,27,35,37-38,41,43H,12-15H2,1-2H3,(H2,34,42);8-11,15-16,20,26,34,36-37,40,42H,3-7,12-14H2,1-2H3,(H2,33,41)/t17-,21-,27?,33-;15-,20-,26?,32-/m00/s1. The third-order valence-electron chi connectivity index (χ3n) is 18.7. The maximum absolute atomic E-state index is 14.0. The van der Waals surface area contributed by atoms with Gasteiger partial charge in [-0.15, -0.1) is 0 Å². The van der Waals surface area contributed by atoms with E-state index in [1.807, 2.05) is 48.5 Å². The summed E-state index contributed by atoms with van der Waals surface area (Å²) in [6, 6.07) is 21.6. The van der Waals surface area contributed by atoms with Gasteiger partial charge in [0.05, 0.1) is 36.3 Å². The molecule has 7 aliphatic carbocycles. The van der Waals surface area contributed by atoms with E-state index in [0.717, 1.165) is 24.2 Å². The van der Waals surface area contributed by atoms with Gasteiger partial charge in [0.2, 0.25) is 11.6 Å². The number of rotatable bonds is 13. The number of ketones is 4. The smallest absolute Gasteiger partial charge is 0.255 e. The summed E-state index contributed by atoms with van der Waals surface area (Å²) in [5, 5.41) is 97.0. The topological polar surface area (TPSA) is 373 Å². The van der Waals surface area contributed by atoms with Crippen LogP contribution in [0.3, 0.4) is 0 Å². The third-order valence-corrected chi connectivity index (χ3v) is 18.7. The van der Waals surface area contributed by atoms with Crippen molar-refractivity contribution in [3.63, 3.8) is 0 Å². The van der Waals surface area contributed by atoms with Gasteiger partial charge in [0.1, 0.15) is 68.7 Å². The van der Waals surface area contributed by atoms with Crippen molar-refractivity contribution in [3.05, 3.63) is 152 Å². The summed E-state index contributed by atoms with van der Waals surface area (Å²) in [6.45, 7) is 1.69. The van der Waals surface area contributed by atoms with Crippen LogP contribution in [-0.2, 0) is 61.2 Å². The van der Waals surface area contributed by atoms with Gasteiger partial charge in [0, 0.05) is 46.7 Å². The molecule has 5 aromatic rings. The molecule has 3 saturated carbocycles. The van der Waals surface area contributed by atoms with E-state index in [1.54, 1.807) is 46.4 Å². The van der Waals surface area contributed by atoms with E-state index in [2.05, 4.69) is 10.6 Å². The highest BCUT2D eigenvalue weighted by Gasteiger charge is 2.66. The second kappa shape index (κ2) is 22.9. The molecule has 0 aliphatic heterocycles. The zero-order chi connectivity index (χ0) is 62.3. The van der Waals surface area contributed by atoms with Crippen LogP contribution in [0.5, 0.6) is 11.5 Å². The lowest BCUT2D eigenvalue weighted by Gasteiger charge is -2.50. The zero-order valence-corrected chi connectivity index (χ0v) is 48.4. The van der Waals surface area contributed by atoms with E-state index in [1.165, 1.54) is 41.2 Å². The number of amides is 2. The van der Waals surface area contributed by atoms with Gasteiger partial charge < -0.3 is 71.8 Å². The number of benzene rings is 3. The molecule has 8 atom stereocenters. The maximum atomic E-state index is 14.0. The minimum Gasteiger partial charge on any atom is -0.508 e. The van der Waals surface area contributed by atoms with E-state index < -0.39 is 116 Å². The SMILES string of the molecule is CN(C)C1C(=O)C(C(N)=O)=C(O)[C@@]2(O)C(=O)C3=C(O)c4c(O)ccc(-c5ccc(CNC6CCCCC6)o5)c4C[C@H]3C[C@@H]12.CN(C)C1C(=O)C(C(N)=O)=C(O)[C@@]2(O)C(=O)C3=C(O)c4c(O)ccc(-c5ccc(CNCc6ccccc6)o5)c4C[C@H]3C[C@@H]12. The van der Waals surface area contributed by atoms with E-state index in [9.17, 15) is 69.6 Å². The highest BCUT2D eigenvalue weighted by Crippen LogP contribution is 2.56. The van der Waals surface area contributed by atoms with Crippen LogP contribution < -0.4 is 22.1 Å². The number of phenolic OH excluding ortho intramolecular Hbond substituents is 2. The van der Waals surface area contributed by atoms with Gasteiger partial charge in [-0.3, -0.25) is 38.6 Å². The highest BCUT2D eigenvalue weighted by atomic mass is 16.4. The Morgan fingerprint density at radius 1 is 0.575 bits per heavy atom.